The summed E-state index contributed by atoms with van der Waals surface area (Å²) in [5.41, 5.74) is 0. The summed E-state index contributed by atoms with van der Waals surface area (Å²) in [4.78, 5) is 16.2. The van der Waals surface area contributed by atoms with Crippen molar-refractivity contribution in [1.82, 2.24) is 15.0 Å². The molecule has 1 heterocycles. The minimum absolute atomic E-state index is 0.189. The number of likely N-dealkylation sites (N-methyl/N-ethyl adjacent to an activating group) is 1. The second-order valence-electron chi connectivity index (χ2n) is 3.23. The summed E-state index contributed by atoms with van der Waals surface area (Å²) < 4.78 is 4.86. The van der Waals surface area contributed by atoms with E-state index in [0.717, 1.165) is 6.54 Å². The molecule has 14 heavy (non-hydrogen) atoms. The van der Waals surface area contributed by atoms with Gasteiger partial charge in [-0.3, -0.25) is 4.79 Å². The molecule has 0 aliphatic rings. The molecular formula is C8H13N3O3. The SMILES string of the molecule is CN(C)CCc1nc(CC(=O)O)no1. The van der Waals surface area contributed by atoms with Crippen LogP contribution in [0.2, 0.25) is 0 Å². The van der Waals surface area contributed by atoms with Gasteiger partial charge in [-0.25, -0.2) is 0 Å². The predicted octanol–water partition coefficient (Wildman–Crippen LogP) is -0.199. The maximum absolute atomic E-state index is 10.3. The van der Waals surface area contributed by atoms with E-state index in [9.17, 15) is 4.79 Å². The van der Waals surface area contributed by atoms with E-state index in [0.29, 0.717) is 12.3 Å². The lowest BCUT2D eigenvalue weighted by Crippen LogP contribution is -2.15. The van der Waals surface area contributed by atoms with Gasteiger partial charge >= 0.3 is 5.97 Å². The molecular weight excluding hydrogens is 186 g/mol. The first-order valence-corrected chi connectivity index (χ1v) is 4.26. The van der Waals surface area contributed by atoms with Crippen molar-refractivity contribution < 1.29 is 14.4 Å². The number of carboxylic acids is 1. The van der Waals surface area contributed by atoms with E-state index in [-0.39, 0.29) is 12.2 Å². The largest absolute Gasteiger partial charge is 0.481 e. The minimum Gasteiger partial charge on any atom is -0.481 e. The molecule has 0 bridgehead atoms. The van der Waals surface area contributed by atoms with Crippen LogP contribution < -0.4 is 0 Å². The van der Waals surface area contributed by atoms with Crippen molar-refractivity contribution in [1.29, 1.82) is 0 Å². The van der Waals surface area contributed by atoms with Crippen LogP contribution in [0.25, 0.3) is 0 Å². The summed E-state index contributed by atoms with van der Waals surface area (Å²) in [5.74, 6) is -0.244. The number of rotatable bonds is 5. The average Bonchev–Trinajstić information content (AvgIpc) is 2.47. The molecule has 0 saturated carbocycles. The Morgan fingerprint density at radius 3 is 2.86 bits per heavy atom. The second-order valence-corrected chi connectivity index (χ2v) is 3.23. The van der Waals surface area contributed by atoms with E-state index in [1.165, 1.54) is 0 Å². The van der Waals surface area contributed by atoms with Crippen LogP contribution >= 0.6 is 0 Å². The molecule has 0 aliphatic heterocycles. The molecule has 78 valence electrons. The van der Waals surface area contributed by atoms with E-state index < -0.39 is 5.97 Å². The quantitative estimate of drug-likeness (QED) is 0.707. The molecule has 1 aromatic rings. The van der Waals surface area contributed by atoms with Crippen molar-refractivity contribution in [3.05, 3.63) is 11.7 Å². The molecule has 0 aliphatic carbocycles. The van der Waals surface area contributed by atoms with Crippen LogP contribution in [0.3, 0.4) is 0 Å². The van der Waals surface area contributed by atoms with E-state index in [4.69, 9.17) is 9.63 Å². The monoisotopic (exact) mass is 199 g/mol. The summed E-state index contributed by atoms with van der Waals surface area (Å²) in [6, 6.07) is 0. The normalized spacial score (nSPS) is 10.8. The Balaban J connectivity index is 2.46. The number of aliphatic carboxylic acids is 1. The van der Waals surface area contributed by atoms with E-state index in [1.807, 2.05) is 19.0 Å². The first-order chi connectivity index (χ1) is 6.58. The highest BCUT2D eigenvalue weighted by Gasteiger charge is 2.09. The van der Waals surface area contributed by atoms with Gasteiger partial charge in [0.25, 0.3) is 0 Å². The van der Waals surface area contributed by atoms with Crippen LogP contribution in [0.1, 0.15) is 11.7 Å². The van der Waals surface area contributed by atoms with Gasteiger partial charge in [0.2, 0.25) is 5.89 Å². The van der Waals surface area contributed by atoms with Crippen molar-refractivity contribution in [2.24, 2.45) is 0 Å². The average molecular weight is 199 g/mol. The molecule has 0 amide bonds. The van der Waals surface area contributed by atoms with Gasteiger partial charge in [-0.1, -0.05) is 5.16 Å². The van der Waals surface area contributed by atoms with Gasteiger partial charge in [0.15, 0.2) is 5.82 Å². The first kappa shape index (κ1) is 10.6. The smallest absolute Gasteiger partial charge is 0.311 e. The van der Waals surface area contributed by atoms with Gasteiger partial charge < -0.3 is 14.5 Å². The standard InChI is InChI=1S/C8H13N3O3/c1-11(2)4-3-7-9-6(10-14-7)5-8(12)13/h3-5H2,1-2H3,(H,12,13). The summed E-state index contributed by atoms with van der Waals surface area (Å²) in [6.45, 7) is 0.800. The second kappa shape index (κ2) is 4.71. The number of carboxylic acid groups (broad SMARTS) is 1. The first-order valence-electron chi connectivity index (χ1n) is 4.26. The third-order valence-corrected chi connectivity index (χ3v) is 1.59. The van der Waals surface area contributed by atoms with Crippen LogP contribution in [-0.2, 0) is 17.6 Å². The van der Waals surface area contributed by atoms with Crippen molar-refractivity contribution in [2.75, 3.05) is 20.6 Å². The third kappa shape index (κ3) is 3.53. The predicted molar refractivity (Wildman–Crippen MR) is 47.9 cm³/mol. The van der Waals surface area contributed by atoms with Crippen molar-refractivity contribution in [2.45, 2.75) is 12.8 Å². The molecule has 1 aromatic heterocycles. The lowest BCUT2D eigenvalue weighted by Gasteiger charge is -2.05. The number of carbonyl (C=O) groups is 1. The summed E-state index contributed by atoms with van der Waals surface area (Å²) in [7, 11) is 3.88. The van der Waals surface area contributed by atoms with Gasteiger partial charge in [0, 0.05) is 13.0 Å². The molecule has 1 N–H and O–H groups in total. The van der Waals surface area contributed by atoms with E-state index in [1.54, 1.807) is 0 Å². The lowest BCUT2D eigenvalue weighted by molar-refractivity contribution is -0.136. The van der Waals surface area contributed by atoms with Gasteiger partial charge in [-0.05, 0) is 14.1 Å². The lowest BCUT2D eigenvalue weighted by atomic mass is 10.4. The van der Waals surface area contributed by atoms with Crippen LogP contribution in [0.4, 0.5) is 0 Å². The Morgan fingerprint density at radius 1 is 1.57 bits per heavy atom. The molecule has 0 unspecified atom stereocenters. The molecule has 0 atom stereocenters. The molecule has 0 aromatic carbocycles. The zero-order chi connectivity index (χ0) is 10.6. The van der Waals surface area contributed by atoms with Gasteiger partial charge in [-0.2, -0.15) is 4.98 Å². The fourth-order valence-corrected chi connectivity index (χ4v) is 0.918. The Kier molecular flexibility index (Phi) is 3.58. The van der Waals surface area contributed by atoms with E-state index in [2.05, 4.69) is 10.1 Å². The van der Waals surface area contributed by atoms with Gasteiger partial charge in [-0.15, -0.1) is 0 Å². The highest BCUT2D eigenvalue weighted by Crippen LogP contribution is 1.99. The molecule has 6 nitrogen and oxygen atoms in total. The van der Waals surface area contributed by atoms with Gasteiger partial charge in [0.05, 0.1) is 0 Å². The van der Waals surface area contributed by atoms with Crippen LogP contribution in [-0.4, -0.2) is 46.8 Å². The summed E-state index contributed by atoms with van der Waals surface area (Å²) in [5, 5.41) is 12.0. The number of aromatic nitrogens is 2. The van der Waals surface area contributed by atoms with Crippen LogP contribution in [0.5, 0.6) is 0 Å². The Bertz CT molecular complexity index is 309. The van der Waals surface area contributed by atoms with Crippen LogP contribution in [0.15, 0.2) is 4.52 Å². The maximum Gasteiger partial charge on any atom is 0.311 e. The fourth-order valence-electron chi connectivity index (χ4n) is 0.918. The van der Waals surface area contributed by atoms with Crippen molar-refractivity contribution in [3.8, 4) is 0 Å². The number of hydrogen-bond donors (Lipinski definition) is 1. The third-order valence-electron chi connectivity index (χ3n) is 1.59. The molecule has 0 radical (unpaired) electrons. The zero-order valence-electron chi connectivity index (χ0n) is 8.23. The Hall–Kier alpha value is -1.43. The molecule has 0 spiro atoms. The van der Waals surface area contributed by atoms with Crippen molar-refractivity contribution >= 4 is 5.97 Å². The van der Waals surface area contributed by atoms with Crippen LogP contribution in [0, 0.1) is 0 Å². The van der Waals surface area contributed by atoms with Gasteiger partial charge in [0.1, 0.15) is 6.42 Å². The highest BCUT2D eigenvalue weighted by atomic mass is 16.5. The Labute approximate surface area is 81.5 Å². The zero-order valence-corrected chi connectivity index (χ0v) is 8.23. The molecule has 1 rings (SSSR count). The fraction of sp³-hybridized carbons (Fsp3) is 0.625. The molecule has 6 heteroatoms. The van der Waals surface area contributed by atoms with Crippen molar-refractivity contribution in [3.63, 3.8) is 0 Å². The molecule has 0 saturated heterocycles. The molecule has 0 fully saturated rings. The number of hydrogen-bond acceptors (Lipinski definition) is 5. The maximum atomic E-state index is 10.3. The Morgan fingerprint density at radius 2 is 2.29 bits per heavy atom. The highest BCUT2D eigenvalue weighted by molar-refractivity contribution is 5.68. The minimum atomic E-state index is -0.954. The summed E-state index contributed by atoms with van der Waals surface area (Å²) in [6.07, 6.45) is 0.449. The number of nitrogens with zero attached hydrogens (tertiary/aromatic N) is 3. The van der Waals surface area contributed by atoms with E-state index >= 15 is 0 Å². The summed E-state index contributed by atoms with van der Waals surface area (Å²) >= 11 is 0. The topological polar surface area (TPSA) is 79.5 Å².